The fourth-order valence-electron chi connectivity index (χ4n) is 5.17. The summed E-state index contributed by atoms with van der Waals surface area (Å²) < 4.78 is 4.29. The molecular weight excluding hydrogens is 440 g/mol. The average Bonchev–Trinajstić information content (AvgIpc) is 3.51. The molecule has 0 aliphatic carbocycles. The molecule has 0 saturated carbocycles. The normalized spacial score (nSPS) is 11.6. The predicted octanol–water partition coefficient (Wildman–Crippen LogP) is 7.80. The molecule has 0 spiro atoms. The highest BCUT2D eigenvalue weighted by molar-refractivity contribution is 6.01. The van der Waals surface area contributed by atoms with Gasteiger partial charge >= 0.3 is 0 Å². The van der Waals surface area contributed by atoms with Crippen LogP contribution in [0, 0.1) is 13.8 Å². The number of benzene rings is 4. The van der Waals surface area contributed by atoms with E-state index in [2.05, 4.69) is 126 Å². The predicted molar refractivity (Wildman–Crippen MR) is 148 cm³/mol. The Labute approximate surface area is 209 Å². The fourth-order valence-corrected chi connectivity index (χ4v) is 5.17. The van der Waals surface area contributed by atoms with Gasteiger partial charge in [-0.3, -0.25) is 4.57 Å². The van der Waals surface area contributed by atoms with Crippen molar-refractivity contribution >= 4 is 32.7 Å². The van der Waals surface area contributed by atoms with Crippen LogP contribution < -0.4 is 0 Å². The van der Waals surface area contributed by atoms with Crippen LogP contribution in [0.15, 0.2) is 109 Å². The Morgan fingerprint density at radius 1 is 0.583 bits per heavy atom. The average molecular weight is 465 g/mol. The van der Waals surface area contributed by atoms with Gasteiger partial charge in [0, 0.05) is 23.2 Å². The molecule has 7 rings (SSSR count). The Morgan fingerprint density at radius 2 is 1.25 bits per heavy atom. The SMILES string of the molecule is Cc1ccc2c(ccn2-c2nc(-n3ccc4cc(C)ccc43)c3c(-c4ccccc4)cccc3n2)c1. The summed E-state index contributed by atoms with van der Waals surface area (Å²) in [4.78, 5) is 10.3. The first-order chi connectivity index (χ1) is 17.7. The number of hydrogen-bond donors (Lipinski definition) is 0. The molecule has 0 N–H and O–H groups in total. The lowest BCUT2D eigenvalue weighted by Gasteiger charge is -2.15. The number of hydrogen-bond acceptors (Lipinski definition) is 2. The van der Waals surface area contributed by atoms with Crippen LogP contribution >= 0.6 is 0 Å². The summed E-state index contributed by atoms with van der Waals surface area (Å²) in [7, 11) is 0. The first-order valence-electron chi connectivity index (χ1n) is 12.2. The molecule has 0 fully saturated rings. The number of fused-ring (bicyclic) bond motifs is 3. The van der Waals surface area contributed by atoms with Crippen molar-refractivity contribution in [2.45, 2.75) is 13.8 Å². The number of aryl methyl sites for hydroxylation is 2. The number of rotatable bonds is 3. The van der Waals surface area contributed by atoms with Crippen molar-refractivity contribution in [1.82, 2.24) is 19.1 Å². The van der Waals surface area contributed by atoms with Crippen LogP contribution in [0.25, 0.3) is 55.6 Å². The van der Waals surface area contributed by atoms with E-state index in [0.717, 1.165) is 38.9 Å². The Hall–Kier alpha value is -4.70. The highest BCUT2D eigenvalue weighted by atomic mass is 15.2. The largest absolute Gasteiger partial charge is 0.301 e. The molecule has 0 aliphatic rings. The van der Waals surface area contributed by atoms with Gasteiger partial charge in [0.05, 0.1) is 21.9 Å². The minimum absolute atomic E-state index is 0.663. The zero-order valence-corrected chi connectivity index (χ0v) is 20.2. The third-order valence-corrected chi connectivity index (χ3v) is 6.91. The lowest BCUT2D eigenvalue weighted by atomic mass is 10.0. The third kappa shape index (κ3) is 3.23. The number of aromatic nitrogens is 4. The van der Waals surface area contributed by atoms with Gasteiger partial charge < -0.3 is 4.57 Å². The van der Waals surface area contributed by atoms with Crippen molar-refractivity contribution in [1.29, 1.82) is 0 Å². The van der Waals surface area contributed by atoms with Gasteiger partial charge in [0.15, 0.2) is 5.82 Å². The van der Waals surface area contributed by atoms with Gasteiger partial charge in [0.2, 0.25) is 5.95 Å². The Balaban J connectivity index is 1.58. The standard InChI is InChI=1S/C32H24N4/c1-21-11-13-28-24(19-21)15-17-35(28)31-30-26(23-7-4-3-5-8-23)9-6-10-27(30)33-32(34-31)36-18-16-25-20-22(2)12-14-29(25)36/h3-20H,1-2H3. The molecule has 4 nitrogen and oxygen atoms in total. The first kappa shape index (κ1) is 20.7. The van der Waals surface area contributed by atoms with Crippen molar-refractivity contribution in [2.24, 2.45) is 0 Å². The Kier molecular flexibility index (Phi) is 4.55. The zero-order chi connectivity index (χ0) is 24.2. The molecule has 3 heterocycles. The van der Waals surface area contributed by atoms with Crippen LogP contribution in [0.2, 0.25) is 0 Å². The van der Waals surface area contributed by atoms with Crippen LogP contribution in [0.3, 0.4) is 0 Å². The van der Waals surface area contributed by atoms with E-state index < -0.39 is 0 Å². The third-order valence-electron chi connectivity index (χ3n) is 6.91. The summed E-state index contributed by atoms with van der Waals surface area (Å²) >= 11 is 0. The molecule has 0 bridgehead atoms. The van der Waals surface area contributed by atoms with E-state index >= 15 is 0 Å². The molecule has 3 aromatic heterocycles. The van der Waals surface area contributed by atoms with Gasteiger partial charge in [-0.1, -0.05) is 65.7 Å². The van der Waals surface area contributed by atoms with Crippen LogP contribution in [0.5, 0.6) is 0 Å². The van der Waals surface area contributed by atoms with Crippen molar-refractivity contribution in [3.8, 4) is 22.9 Å². The number of nitrogens with zero attached hydrogens (tertiary/aromatic N) is 4. The van der Waals surface area contributed by atoms with Crippen LogP contribution in [0.1, 0.15) is 11.1 Å². The highest BCUT2D eigenvalue weighted by Crippen LogP contribution is 2.34. The second kappa shape index (κ2) is 7.92. The van der Waals surface area contributed by atoms with Gasteiger partial charge in [0.1, 0.15) is 0 Å². The quantitative estimate of drug-likeness (QED) is 0.267. The highest BCUT2D eigenvalue weighted by Gasteiger charge is 2.17. The molecule has 4 heteroatoms. The van der Waals surface area contributed by atoms with E-state index in [1.807, 2.05) is 6.07 Å². The lowest BCUT2D eigenvalue weighted by Crippen LogP contribution is -2.07. The topological polar surface area (TPSA) is 35.6 Å². The summed E-state index contributed by atoms with van der Waals surface area (Å²) in [5.41, 5.74) is 7.89. The fraction of sp³-hybridized carbons (Fsp3) is 0.0625. The van der Waals surface area contributed by atoms with Crippen molar-refractivity contribution in [3.63, 3.8) is 0 Å². The van der Waals surface area contributed by atoms with E-state index in [4.69, 9.17) is 9.97 Å². The molecule has 7 aromatic rings. The monoisotopic (exact) mass is 464 g/mol. The van der Waals surface area contributed by atoms with E-state index in [-0.39, 0.29) is 0 Å². The minimum atomic E-state index is 0.663. The van der Waals surface area contributed by atoms with E-state index in [0.29, 0.717) is 5.95 Å². The van der Waals surface area contributed by atoms with Gasteiger partial charge in [-0.05, 0) is 67.4 Å². The molecule has 4 aromatic carbocycles. The Bertz CT molecular complexity index is 1910. The molecule has 0 amide bonds. The zero-order valence-electron chi connectivity index (χ0n) is 20.2. The molecule has 172 valence electrons. The van der Waals surface area contributed by atoms with Crippen LogP contribution in [-0.4, -0.2) is 19.1 Å². The minimum Gasteiger partial charge on any atom is -0.301 e. The summed E-state index contributed by atoms with van der Waals surface area (Å²) in [5.74, 6) is 1.54. The van der Waals surface area contributed by atoms with Gasteiger partial charge in [-0.25, -0.2) is 4.98 Å². The van der Waals surface area contributed by atoms with E-state index in [1.165, 1.54) is 21.9 Å². The molecule has 0 unspecified atom stereocenters. The second-order valence-electron chi connectivity index (χ2n) is 9.41. The molecule has 0 radical (unpaired) electrons. The Morgan fingerprint density at radius 3 is 1.97 bits per heavy atom. The maximum absolute atomic E-state index is 5.23. The maximum atomic E-state index is 5.23. The summed E-state index contributed by atoms with van der Waals surface area (Å²) in [6, 6.07) is 34.1. The van der Waals surface area contributed by atoms with Crippen molar-refractivity contribution < 1.29 is 0 Å². The molecule has 0 saturated heterocycles. The summed E-state index contributed by atoms with van der Waals surface area (Å²) in [6.07, 6.45) is 4.18. The van der Waals surface area contributed by atoms with E-state index in [1.54, 1.807) is 0 Å². The van der Waals surface area contributed by atoms with Crippen molar-refractivity contribution in [2.75, 3.05) is 0 Å². The molecular formula is C32H24N4. The van der Waals surface area contributed by atoms with Crippen LogP contribution in [-0.2, 0) is 0 Å². The van der Waals surface area contributed by atoms with Gasteiger partial charge in [-0.2, -0.15) is 4.98 Å². The van der Waals surface area contributed by atoms with Crippen molar-refractivity contribution in [3.05, 3.63) is 121 Å². The molecule has 0 aliphatic heterocycles. The lowest BCUT2D eigenvalue weighted by molar-refractivity contribution is 0.943. The molecule has 36 heavy (non-hydrogen) atoms. The second-order valence-corrected chi connectivity index (χ2v) is 9.41. The smallest absolute Gasteiger partial charge is 0.236 e. The summed E-state index contributed by atoms with van der Waals surface area (Å²) in [6.45, 7) is 4.24. The maximum Gasteiger partial charge on any atom is 0.236 e. The first-order valence-corrected chi connectivity index (χ1v) is 12.2. The van der Waals surface area contributed by atoms with Gasteiger partial charge in [-0.15, -0.1) is 0 Å². The van der Waals surface area contributed by atoms with Gasteiger partial charge in [0.25, 0.3) is 0 Å². The van der Waals surface area contributed by atoms with Crippen LogP contribution in [0.4, 0.5) is 0 Å². The van der Waals surface area contributed by atoms with E-state index in [9.17, 15) is 0 Å². The summed E-state index contributed by atoms with van der Waals surface area (Å²) in [5, 5.41) is 3.42. The molecule has 0 atom stereocenters.